The van der Waals surface area contributed by atoms with E-state index in [9.17, 15) is 9.46 Å². The summed E-state index contributed by atoms with van der Waals surface area (Å²) in [7, 11) is -4.14. The number of hydrogen-bond donors (Lipinski definition) is 2. The Kier molecular flexibility index (Phi) is 42.0. The van der Waals surface area contributed by atoms with E-state index in [1.807, 2.05) is 0 Å². The highest BCUT2D eigenvalue weighted by atomic mass is 32.2. The second kappa shape index (κ2) is 41.4. The van der Waals surface area contributed by atoms with Gasteiger partial charge in [-0.1, -0.05) is 142 Å². The van der Waals surface area contributed by atoms with Crippen molar-refractivity contribution in [2.45, 2.75) is 187 Å². The Morgan fingerprint density at radius 1 is 0.510 bits per heavy atom. The van der Waals surface area contributed by atoms with E-state index < -0.39 is 13.9 Å². The smallest absolute Gasteiger partial charge is 0.379 e. The zero-order chi connectivity index (χ0) is 35.8. The van der Waals surface area contributed by atoms with E-state index in [2.05, 4.69) is 37.4 Å². The molecule has 0 rings (SSSR count). The van der Waals surface area contributed by atoms with Crippen molar-refractivity contribution >= 4 is 31.3 Å². The van der Waals surface area contributed by atoms with Gasteiger partial charge in [-0.15, -0.1) is 0 Å². The van der Waals surface area contributed by atoms with Crippen LogP contribution in [0.25, 0.3) is 0 Å². The lowest BCUT2D eigenvalue weighted by molar-refractivity contribution is -0.0443. The summed E-state index contributed by atoms with van der Waals surface area (Å²) in [6, 6.07) is 0. The summed E-state index contributed by atoms with van der Waals surface area (Å²) >= 11 is 4.29. The van der Waals surface area contributed by atoms with Gasteiger partial charge in [0.15, 0.2) is 0 Å². The first-order valence-corrected chi connectivity index (χ1v) is 24.5. The normalized spacial score (nSPS) is 13.6. The molecule has 0 aliphatic heterocycles. The highest BCUT2D eigenvalue weighted by Gasteiger charge is 2.23. The van der Waals surface area contributed by atoms with Gasteiger partial charge in [0.1, 0.15) is 6.10 Å². The molecule has 3 N–H and O–H groups in total. The van der Waals surface area contributed by atoms with Crippen molar-refractivity contribution in [3.05, 3.63) is 0 Å². The fraction of sp³-hybridized carbons (Fsp3) is 1.00. The third-order valence-electron chi connectivity index (χ3n) is 8.75. The minimum Gasteiger partial charge on any atom is -0.379 e. The molecule has 7 nitrogen and oxygen atoms in total. The second-order valence-electron chi connectivity index (χ2n) is 13.7. The van der Waals surface area contributed by atoms with Gasteiger partial charge in [0.2, 0.25) is 0 Å². The third-order valence-corrected chi connectivity index (χ3v) is 12.0. The summed E-state index contributed by atoms with van der Waals surface area (Å²) < 4.78 is 34.1. The molecule has 0 spiro atoms. The highest BCUT2D eigenvalue weighted by molar-refractivity contribution is 7.99. The van der Waals surface area contributed by atoms with Gasteiger partial charge in [-0.2, -0.15) is 23.5 Å². The van der Waals surface area contributed by atoms with Crippen LogP contribution in [0.15, 0.2) is 0 Å². The SMILES string of the molecule is CCCCCCCSCCCCCCCCCCOC[C@@H](COP(=O)(O)OCCN)OCCCCCCCCCCSCCCCCCC. The van der Waals surface area contributed by atoms with Gasteiger partial charge in [0.05, 0.1) is 19.8 Å². The van der Waals surface area contributed by atoms with Crippen LogP contribution >= 0.6 is 31.3 Å². The summed E-state index contributed by atoms with van der Waals surface area (Å²) in [5, 5.41) is 0. The first kappa shape index (κ1) is 49.7. The van der Waals surface area contributed by atoms with Gasteiger partial charge in [0.25, 0.3) is 0 Å². The molecule has 0 aliphatic rings. The number of ether oxygens (including phenoxy) is 2. The van der Waals surface area contributed by atoms with Crippen molar-refractivity contribution in [3.63, 3.8) is 0 Å². The van der Waals surface area contributed by atoms with Crippen LogP contribution in [0.3, 0.4) is 0 Å². The standard InChI is InChI=1S/C39H82NO6PS2/c1-3-5-7-19-25-33-48-35-27-21-15-11-9-13-17-23-30-43-37-39(38-46-47(41,42)45-32-29-40)44-31-24-18-14-10-12-16-22-28-36-49-34-26-20-8-6-4-2/h39H,3-38,40H2,1-2H3,(H,41,42)/t39-/m0/s1. The molecule has 0 aromatic rings. The van der Waals surface area contributed by atoms with Crippen LogP contribution in [0, 0.1) is 0 Å². The third kappa shape index (κ3) is 41.3. The van der Waals surface area contributed by atoms with Crippen molar-refractivity contribution in [1.29, 1.82) is 0 Å². The van der Waals surface area contributed by atoms with E-state index in [1.165, 1.54) is 171 Å². The van der Waals surface area contributed by atoms with Crippen LogP contribution in [0.1, 0.15) is 181 Å². The lowest BCUT2D eigenvalue weighted by atomic mass is 10.1. The molecule has 0 aromatic heterocycles. The summed E-state index contributed by atoms with van der Waals surface area (Å²) in [5.74, 6) is 5.33. The molecule has 0 amide bonds. The average molecular weight is 756 g/mol. The molecule has 0 heterocycles. The molecule has 0 saturated carbocycles. The molecular weight excluding hydrogens is 674 g/mol. The van der Waals surface area contributed by atoms with E-state index >= 15 is 0 Å². The Labute approximate surface area is 313 Å². The molecular formula is C39H82NO6PS2. The minimum atomic E-state index is -4.14. The molecule has 1 unspecified atom stereocenters. The number of phosphoric acid groups is 1. The van der Waals surface area contributed by atoms with Gasteiger partial charge in [-0.25, -0.2) is 4.57 Å². The van der Waals surface area contributed by atoms with Gasteiger partial charge in [-0.3, -0.25) is 9.05 Å². The van der Waals surface area contributed by atoms with E-state index in [1.54, 1.807) is 0 Å². The van der Waals surface area contributed by atoms with E-state index in [0.29, 0.717) is 19.8 Å². The maximum absolute atomic E-state index is 12.1. The fourth-order valence-electron chi connectivity index (χ4n) is 5.65. The molecule has 0 fully saturated rings. The molecule has 0 aliphatic carbocycles. The monoisotopic (exact) mass is 756 g/mol. The molecule has 49 heavy (non-hydrogen) atoms. The Balaban J connectivity index is 3.84. The van der Waals surface area contributed by atoms with E-state index in [-0.39, 0.29) is 19.8 Å². The van der Waals surface area contributed by atoms with Crippen LogP contribution in [-0.2, 0) is 23.1 Å². The second-order valence-corrected chi connectivity index (χ2v) is 17.6. The van der Waals surface area contributed by atoms with Gasteiger partial charge >= 0.3 is 7.82 Å². The van der Waals surface area contributed by atoms with Crippen molar-refractivity contribution in [2.75, 3.05) is 62.6 Å². The first-order valence-electron chi connectivity index (χ1n) is 20.7. The zero-order valence-corrected chi connectivity index (χ0v) is 34.9. The van der Waals surface area contributed by atoms with Crippen molar-refractivity contribution in [1.82, 2.24) is 0 Å². The summed E-state index contributed by atoms with van der Waals surface area (Å²) in [5.41, 5.74) is 5.39. The number of thioether (sulfide) groups is 2. The maximum Gasteiger partial charge on any atom is 0.472 e. The Hall–Kier alpha value is 0.690. The Morgan fingerprint density at radius 3 is 1.33 bits per heavy atom. The molecule has 0 aromatic carbocycles. The summed E-state index contributed by atoms with van der Waals surface area (Å²) in [6.45, 7) is 6.29. The molecule has 0 bridgehead atoms. The largest absolute Gasteiger partial charge is 0.472 e. The predicted molar refractivity (Wildman–Crippen MR) is 217 cm³/mol. The van der Waals surface area contributed by atoms with Gasteiger partial charge < -0.3 is 20.1 Å². The topological polar surface area (TPSA) is 100 Å². The van der Waals surface area contributed by atoms with Crippen molar-refractivity contribution in [2.24, 2.45) is 5.73 Å². The Bertz CT molecular complexity index is 681. The zero-order valence-electron chi connectivity index (χ0n) is 32.4. The van der Waals surface area contributed by atoms with Crippen molar-refractivity contribution < 1.29 is 28.0 Å². The summed E-state index contributed by atoms with van der Waals surface area (Å²) in [6.07, 6.45) is 33.6. The van der Waals surface area contributed by atoms with Crippen LogP contribution < -0.4 is 5.73 Å². The van der Waals surface area contributed by atoms with Crippen LogP contribution in [0.2, 0.25) is 0 Å². The maximum atomic E-state index is 12.1. The number of phosphoric ester groups is 1. The van der Waals surface area contributed by atoms with Gasteiger partial charge in [0, 0.05) is 19.8 Å². The number of unbranched alkanes of at least 4 members (excludes halogenated alkanes) is 22. The molecule has 0 radical (unpaired) electrons. The van der Waals surface area contributed by atoms with Crippen LogP contribution in [0.5, 0.6) is 0 Å². The van der Waals surface area contributed by atoms with Gasteiger partial charge in [-0.05, 0) is 61.5 Å². The van der Waals surface area contributed by atoms with E-state index in [4.69, 9.17) is 24.3 Å². The molecule has 0 saturated heterocycles. The number of rotatable bonds is 43. The predicted octanol–water partition coefficient (Wildman–Crippen LogP) is 12.1. The number of nitrogens with two attached hydrogens (primary N) is 1. The molecule has 10 heteroatoms. The fourth-order valence-corrected chi connectivity index (χ4v) is 8.45. The van der Waals surface area contributed by atoms with Crippen molar-refractivity contribution in [3.8, 4) is 0 Å². The summed E-state index contributed by atoms with van der Waals surface area (Å²) in [4.78, 5) is 9.90. The molecule has 296 valence electrons. The minimum absolute atomic E-state index is 0.0215. The quantitative estimate of drug-likeness (QED) is 0.0465. The van der Waals surface area contributed by atoms with Crippen LogP contribution in [0.4, 0.5) is 0 Å². The Morgan fingerprint density at radius 2 is 0.898 bits per heavy atom. The number of hydrogen-bond acceptors (Lipinski definition) is 8. The van der Waals surface area contributed by atoms with Crippen LogP contribution in [-0.4, -0.2) is 73.6 Å². The average Bonchev–Trinajstić information content (AvgIpc) is 3.10. The highest BCUT2D eigenvalue weighted by Crippen LogP contribution is 2.43. The lowest BCUT2D eigenvalue weighted by Gasteiger charge is -2.20. The molecule has 2 atom stereocenters. The first-order chi connectivity index (χ1) is 24.1. The van der Waals surface area contributed by atoms with E-state index in [0.717, 1.165) is 19.3 Å². The lowest BCUT2D eigenvalue weighted by Crippen LogP contribution is -2.26.